The number of hydrogen-bond acceptors (Lipinski definition) is 2. The first-order valence-corrected chi connectivity index (χ1v) is 6.32. The van der Waals surface area contributed by atoms with E-state index in [1.807, 2.05) is 0 Å². The van der Waals surface area contributed by atoms with E-state index in [4.69, 9.17) is 5.73 Å². The van der Waals surface area contributed by atoms with Crippen molar-refractivity contribution >= 4 is 27.5 Å². The molecule has 0 heterocycles. The average molecular weight is 301 g/mol. The Morgan fingerprint density at radius 3 is 2.76 bits per heavy atom. The molecule has 0 aromatic heterocycles. The largest absolute Gasteiger partial charge is 0.326 e. The predicted molar refractivity (Wildman–Crippen MR) is 68.1 cm³/mol. The molecule has 1 aromatic carbocycles. The second-order valence-electron chi connectivity index (χ2n) is 4.57. The van der Waals surface area contributed by atoms with E-state index in [0.717, 1.165) is 19.3 Å². The molecule has 1 fully saturated rings. The van der Waals surface area contributed by atoms with Gasteiger partial charge in [0.1, 0.15) is 5.82 Å². The number of carbonyl (C=O) groups excluding carboxylic acids is 1. The van der Waals surface area contributed by atoms with E-state index in [2.05, 4.69) is 21.2 Å². The quantitative estimate of drug-likeness (QED) is 0.902. The summed E-state index contributed by atoms with van der Waals surface area (Å²) in [6.07, 6.45) is 3.14. The topological polar surface area (TPSA) is 55.1 Å². The van der Waals surface area contributed by atoms with Crippen molar-refractivity contribution in [3.63, 3.8) is 0 Å². The van der Waals surface area contributed by atoms with Gasteiger partial charge >= 0.3 is 0 Å². The number of halogens is 2. The van der Waals surface area contributed by atoms with Gasteiger partial charge < -0.3 is 11.1 Å². The van der Waals surface area contributed by atoms with Gasteiger partial charge in [-0.2, -0.15) is 0 Å². The summed E-state index contributed by atoms with van der Waals surface area (Å²) in [7, 11) is 0. The molecule has 3 nitrogen and oxygen atoms in total. The summed E-state index contributed by atoms with van der Waals surface area (Å²) in [6, 6.07) is 4.49. The summed E-state index contributed by atoms with van der Waals surface area (Å²) in [4.78, 5) is 11.7. The van der Waals surface area contributed by atoms with Crippen LogP contribution in [0.2, 0.25) is 0 Å². The van der Waals surface area contributed by atoms with Crippen LogP contribution in [0.5, 0.6) is 0 Å². The van der Waals surface area contributed by atoms with Gasteiger partial charge in [0.25, 0.3) is 0 Å². The molecule has 1 aromatic rings. The number of benzene rings is 1. The lowest BCUT2D eigenvalue weighted by Gasteiger charge is -2.37. The lowest BCUT2D eigenvalue weighted by atomic mass is 9.75. The van der Waals surface area contributed by atoms with Crippen LogP contribution < -0.4 is 11.1 Å². The summed E-state index contributed by atoms with van der Waals surface area (Å²) >= 11 is 3.06. The molecule has 1 aliphatic carbocycles. The SMILES string of the molecule is NC1(CC(=O)Nc2ccc(Br)c(F)c2)CCC1. The highest BCUT2D eigenvalue weighted by molar-refractivity contribution is 9.10. The van der Waals surface area contributed by atoms with Gasteiger partial charge in [0, 0.05) is 17.6 Å². The average Bonchev–Trinajstić information content (AvgIpc) is 2.21. The molecule has 1 aliphatic rings. The molecule has 0 atom stereocenters. The van der Waals surface area contributed by atoms with Crippen LogP contribution in [0.4, 0.5) is 10.1 Å². The van der Waals surface area contributed by atoms with Crippen LogP contribution in [0.1, 0.15) is 25.7 Å². The van der Waals surface area contributed by atoms with Gasteiger partial charge in [0.05, 0.1) is 4.47 Å². The zero-order valence-electron chi connectivity index (χ0n) is 9.30. The fourth-order valence-electron chi connectivity index (χ4n) is 1.91. The van der Waals surface area contributed by atoms with Gasteiger partial charge in [0.2, 0.25) is 5.91 Å². The molecule has 3 N–H and O–H groups in total. The van der Waals surface area contributed by atoms with Crippen molar-refractivity contribution < 1.29 is 9.18 Å². The van der Waals surface area contributed by atoms with E-state index in [1.165, 1.54) is 6.07 Å². The minimum atomic E-state index is -0.395. The number of hydrogen-bond donors (Lipinski definition) is 2. The van der Waals surface area contributed by atoms with E-state index in [0.29, 0.717) is 16.6 Å². The third kappa shape index (κ3) is 3.04. The maximum absolute atomic E-state index is 13.2. The molecule has 92 valence electrons. The summed E-state index contributed by atoms with van der Waals surface area (Å²) in [5.74, 6) is -0.553. The Bertz CT molecular complexity index is 446. The smallest absolute Gasteiger partial charge is 0.226 e. The van der Waals surface area contributed by atoms with Crippen molar-refractivity contribution in [1.82, 2.24) is 0 Å². The maximum atomic E-state index is 13.2. The number of amides is 1. The first-order valence-electron chi connectivity index (χ1n) is 5.52. The predicted octanol–water partition coefficient (Wildman–Crippen LogP) is 2.80. The lowest BCUT2D eigenvalue weighted by molar-refractivity contribution is -0.118. The Kier molecular flexibility index (Phi) is 3.49. The van der Waals surface area contributed by atoms with E-state index in [9.17, 15) is 9.18 Å². The number of rotatable bonds is 3. The van der Waals surface area contributed by atoms with Crippen LogP contribution in [0.25, 0.3) is 0 Å². The summed E-state index contributed by atoms with van der Waals surface area (Å²) in [5.41, 5.74) is 6.08. The fraction of sp³-hybridized carbons (Fsp3) is 0.417. The molecule has 1 saturated carbocycles. The van der Waals surface area contributed by atoms with Crippen LogP contribution in [-0.2, 0) is 4.79 Å². The molecule has 0 unspecified atom stereocenters. The van der Waals surface area contributed by atoms with Crippen LogP contribution in [0.15, 0.2) is 22.7 Å². The van der Waals surface area contributed by atoms with Crippen LogP contribution >= 0.6 is 15.9 Å². The third-order valence-electron chi connectivity index (χ3n) is 3.07. The normalized spacial score (nSPS) is 17.4. The Morgan fingerprint density at radius 1 is 1.53 bits per heavy atom. The van der Waals surface area contributed by atoms with Crippen LogP contribution in [-0.4, -0.2) is 11.4 Å². The van der Waals surface area contributed by atoms with Crippen molar-refractivity contribution in [1.29, 1.82) is 0 Å². The minimum absolute atomic E-state index is 0.158. The molecule has 2 rings (SSSR count). The first-order chi connectivity index (χ1) is 7.98. The highest BCUT2D eigenvalue weighted by Gasteiger charge is 2.34. The Labute approximate surface area is 108 Å². The molecular formula is C12H14BrFN2O. The van der Waals surface area contributed by atoms with Crippen LogP contribution in [0, 0.1) is 5.82 Å². The second kappa shape index (κ2) is 4.74. The highest BCUT2D eigenvalue weighted by Crippen LogP contribution is 2.32. The number of anilines is 1. The standard InChI is InChI=1S/C12H14BrFN2O/c13-9-3-2-8(6-10(9)14)16-11(17)7-12(15)4-1-5-12/h2-3,6H,1,4-5,7,15H2,(H,16,17). The Hall–Kier alpha value is -0.940. The van der Waals surface area contributed by atoms with Gasteiger partial charge in [-0.15, -0.1) is 0 Å². The van der Waals surface area contributed by atoms with E-state index < -0.39 is 5.82 Å². The zero-order chi connectivity index (χ0) is 12.5. The van der Waals surface area contributed by atoms with E-state index >= 15 is 0 Å². The molecule has 17 heavy (non-hydrogen) atoms. The highest BCUT2D eigenvalue weighted by atomic mass is 79.9. The number of nitrogens with two attached hydrogens (primary N) is 1. The van der Waals surface area contributed by atoms with Gasteiger partial charge in [-0.1, -0.05) is 0 Å². The van der Waals surface area contributed by atoms with Crippen molar-refractivity contribution in [3.8, 4) is 0 Å². The Morgan fingerprint density at radius 2 is 2.24 bits per heavy atom. The molecule has 0 saturated heterocycles. The fourth-order valence-corrected chi connectivity index (χ4v) is 2.15. The monoisotopic (exact) mass is 300 g/mol. The Balaban J connectivity index is 1.95. The van der Waals surface area contributed by atoms with E-state index in [1.54, 1.807) is 12.1 Å². The van der Waals surface area contributed by atoms with Crippen molar-refractivity contribution in [2.24, 2.45) is 5.73 Å². The molecule has 0 spiro atoms. The third-order valence-corrected chi connectivity index (χ3v) is 3.71. The summed E-state index contributed by atoms with van der Waals surface area (Å²) in [6.45, 7) is 0. The maximum Gasteiger partial charge on any atom is 0.226 e. The molecule has 0 aliphatic heterocycles. The van der Waals surface area contributed by atoms with Gasteiger partial charge in [-0.25, -0.2) is 4.39 Å². The van der Waals surface area contributed by atoms with Crippen LogP contribution in [0.3, 0.4) is 0 Å². The minimum Gasteiger partial charge on any atom is -0.326 e. The van der Waals surface area contributed by atoms with Crippen molar-refractivity contribution in [2.75, 3.05) is 5.32 Å². The molecule has 0 bridgehead atoms. The number of carbonyl (C=O) groups is 1. The second-order valence-corrected chi connectivity index (χ2v) is 5.42. The zero-order valence-corrected chi connectivity index (χ0v) is 10.9. The van der Waals surface area contributed by atoms with E-state index in [-0.39, 0.29) is 11.4 Å². The van der Waals surface area contributed by atoms with Gasteiger partial charge in [0.15, 0.2) is 0 Å². The molecular weight excluding hydrogens is 287 g/mol. The summed E-state index contributed by atoms with van der Waals surface area (Å²) < 4.78 is 13.6. The van der Waals surface area contributed by atoms with Gasteiger partial charge in [-0.05, 0) is 53.4 Å². The van der Waals surface area contributed by atoms with Crippen molar-refractivity contribution in [3.05, 3.63) is 28.5 Å². The number of nitrogens with one attached hydrogen (secondary N) is 1. The first kappa shape index (κ1) is 12.5. The molecule has 1 amide bonds. The van der Waals surface area contributed by atoms with Crippen molar-refractivity contribution in [2.45, 2.75) is 31.2 Å². The summed E-state index contributed by atoms with van der Waals surface area (Å²) in [5, 5.41) is 2.65. The van der Waals surface area contributed by atoms with Gasteiger partial charge in [-0.3, -0.25) is 4.79 Å². The molecule has 5 heteroatoms. The molecule has 0 radical (unpaired) electrons. The lowest BCUT2D eigenvalue weighted by Crippen LogP contribution is -2.48.